The van der Waals surface area contributed by atoms with E-state index in [0.717, 1.165) is 56.7 Å². The van der Waals surface area contributed by atoms with E-state index in [2.05, 4.69) is 64.5 Å². The second kappa shape index (κ2) is 11.0. The number of piperazine rings is 1. The molecular weight excluding hydrogens is 394 g/mol. The molecular formula is C28H33N3O. The van der Waals surface area contributed by atoms with Crippen molar-refractivity contribution in [1.29, 1.82) is 0 Å². The molecule has 3 aromatic rings. The van der Waals surface area contributed by atoms with Gasteiger partial charge in [-0.3, -0.25) is 9.69 Å². The van der Waals surface area contributed by atoms with Crippen molar-refractivity contribution in [3.63, 3.8) is 0 Å². The minimum atomic E-state index is 0.0285. The van der Waals surface area contributed by atoms with Crippen LogP contribution < -0.4 is 10.2 Å². The van der Waals surface area contributed by atoms with E-state index in [1.54, 1.807) is 0 Å². The molecule has 0 aliphatic carbocycles. The van der Waals surface area contributed by atoms with Gasteiger partial charge in [0, 0.05) is 44.0 Å². The largest absolute Gasteiger partial charge is 0.369 e. The maximum atomic E-state index is 12.8. The first-order valence-electron chi connectivity index (χ1n) is 11.6. The SMILES string of the molecule is Cc1cccc(N2CCN(CCCNC(=O)c3ccccc3Cc3ccccc3)CC2)c1. The number of amides is 1. The molecule has 1 heterocycles. The van der Waals surface area contributed by atoms with Crippen LogP contribution in [0.2, 0.25) is 0 Å². The summed E-state index contributed by atoms with van der Waals surface area (Å²) in [7, 11) is 0. The van der Waals surface area contributed by atoms with Gasteiger partial charge in [0.05, 0.1) is 0 Å². The summed E-state index contributed by atoms with van der Waals surface area (Å²) >= 11 is 0. The first-order chi connectivity index (χ1) is 15.7. The molecule has 4 nitrogen and oxygen atoms in total. The Morgan fingerprint density at radius 3 is 2.41 bits per heavy atom. The third-order valence-electron chi connectivity index (χ3n) is 6.18. The van der Waals surface area contributed by atoms with E-state index in [4.69, 9.17) is 0 Å². The van der Waals surface area contributed by atoms with Crippen molar-refractivity contribution in [2.75, 3.05) is 44.2 Å². The lowest BCUT2D eigenvalue weighted by atomic mass is 9.99. The number of anilines is 1. The second-order valence-corrected chi connectivity index (χ2v) is 8.60. The molecule has 32 heavy (non-hydrogen) atoms. The zero-order chi connectivity index (χ0) is 22.2. The Kier molecular flexibility index (Phi) is 7.57. The molecule has 1 saturated heterocycles. The number of benzene rings is 3. The fourth-order valence-electron chi connectivity index (χ4n) is 4.37. The Balaban J connectivity index is 1.21. The number of aryl methyl sites for hydroxylation is 1. The van der Waals surface area contributed by atoms with Gasteiger partial charge in [0.25, 0.3) is 5.91 Å². The van der Waals surface area contributed by atoms with Gasteiger partial charge < -0.3 is 10.2 Å². The number of nitrogens with zero attached hydrogens (tertiary/aromatic N) is 2. The molecule has 1 N–H and O–H groups in total. The van der Waals surface area contributed by atoms with Crippen molar-refractivity contribution < 1.29 is 4.79 Å². The molecule has 3 aromatic carbocycles. The van der Waals surface area contributed by atoms with Crippen molar-refractivity contribution in [3.8, 4) is 0 Å². The standard InChI is InChI=1S/C28H33N3O/c1-23-9-7-13-26(21-23)31-19-17-30(18-20-31)16-8-15-29-28(32)27-14-6-5-12-25(27)22-24-10-3-2-4-11-24/h2-7,9-14,21H,8,15-20,22H2,1H3,(H,29,32). The van der Waals surface area contributed by atoms with Crippen molar-refractivity contribution in [3.05, 3.63) is 101 Å². The molecule has 0 saturated carbocycles. The third kappa shape index (κ3) is 5.98. The number of hydrogen-bond donors (Lipinski definition) is 1. The molecule has 1 aliphatic rings. The van der Waals surface area contributed by atoms with Crippen LogP contribution in [0.3, 0.4) is 0 Å². The second-order valence-electron chi connectivity index (χ2n) is 8.60. The molecule has 166 valence electrons. The fraction of sp³-hybridized carbons (Fsp3) is 0.321. The highest BCUT2D eigenvalue weighted by Gasteiger charge is 2.17. The van der Waals surface area contributed by atoms with Gasteiger partial charge in [-0.2, -0.15) is 0 Å². The number of carbonyl (C=O) groups excluding carboxylic acids is 1. The van der Waals surface area contributed by atoms with Gasteiger partial charge in [-0.05, 0) is 61.2 Å². The Bertz CT molecular complexity index is 1010. The average molecular weight is 428 g/mol. The van der Waals surface area contributed by atoms with Crippen molar-refractivity contribution in [2.45, 2.75) is 19.8 Å². The lowest BCUT2D eigenvalue weighted by molar-refractivity contribution is 0.0950. The van der Waals surface area contributed by atoms with Crippen molar-refractivity contribution >= 4 is 11.6 Å². The first kappa shape index (κ1) is 22.1. The zero-order valence-corrected chi connectivity index (χ0v) is 19.0. The van der Waals surface area contributed by atoms with Crippen LogP contribution >= 0.6 is 0 Å². The topological polar surface area (TPSA) is 35.6 Å². The van der Waals surface area contributed by atoms with Gasteiger partial charge in [-0.1, -0.05) is 60.7 Å². The quantitative estimate of drug-likeness (QED) is 0.537. The number of carbonyl (C=O) groups is 1. The van der Waals surface area contributed by atoms with E-state index in [1.807, 2.05) is 36.4 Å². The van der Waals surface area contributed by atoms with Gasteiger partial charge in [0.1, 0.15) is 0 Å². The van der Waals surface area contributed by atoms with Crippen LogP contribution in [-0.2, 0) is 6.42 Å². The first-order valence-corrected chi connectivity index (χ1v) is 11.6. The Hall–Kier alpha value is -3.11. The van der Waals surface area contributed by atoms with Crippen molar-refractivity contribution in [2.24, 2.45) is 0 Å². The van der Waals surface area contributed by atoms with Crippen LogP contribution in [0, 0.1) is 6.92 Å². The normalized spacial score (nSPS) is 14.3. The molecule has 1 amide bonds. The van der Waals surface area contributed by atoms with Gasteiger partial charge in [-0.15, -0.1) is 0 Å². The third-order valence-corrected chi connectivity index (χ3v) is 6.18. The van der Waals surface area contributed by atoms with Crippen molar-refractivity contribution in [1.82, 2.24) is 10.2 Å². The molecule has 0 aromatic heterocycles. The van der Waals surface area contributed by atoms with Crippen LogP contribution in [0.25, 0.3) is 0 Å². The number of rotatable bonds is 8. The van der Waals surface area contributed by atoms with Crippen LogP contribution in [0.1, 0.15) is 33.5 Å². The summed E-state index contributed by atoms with van der Waals surface area (Å²) in [5.74, 6) is 0.0285. The Morgan fingerprint density at radius 1 is 0.875 bits per heavy atom. The summed E-state index contributed by atoms with van der Waals surface area (Å²) < 4.78 is 0. The fourth-order valence-corrected chi connectivity index (χ4v) is 4.37. The number of hydrogen-bond acceptors (Lipinski definition) is 3. The smallest absolute Gasteiger partial charge is 0.251 e. The lowest BCUT2D eigenvalue weighted by Crippen LogP contribution is -2.47. The molecule has 0 unspecified atom stereocenters. The van der Waals surface area contributed by atoms with Crippen LogP contribution in [0.15, 0.2) is 78.9 Å². The van der Waals surface area contributed by atoms with E-state index in [-0.39, 0.29) is 5.91 Å². The summed E-state index contributed by atoms with van der Waals surface area (Å²) in [6.07, 6.45) is 1.74. The summed E-state index contributed by atoms with van der Waals surface area (Å²) in [4.78, 5) is 17.8. The summed E-state index contributed by atoms with van der Waals surface area (Å²) in [6, 6.07) is 27.0. The monoisotopic (exact) mass is 427 g/mol. The van der Waals surface area contributed by atoms with E-state index in [9.17, 15) is 4.79 Å². The van der Waals surface area contributed by atoms with Gasteiger partial charge in [0.2, 0.25) is 0 Å². The van der Waals surface area contributed by atoms with E-state index in [1.165, 1.54) is 16.8 Å². The minimum Gasteiger partial charge on any atom is -0.369 e. The highest BCUT2D eigenvalue weighted by molar-refractivity contribution is 5.95. The van der Waals surface area contributed by atoms with Crippen LogP contribution in [-0.4, -0.2) is 50.1 Å². The van der Waals surface area contributed by atoms with Gasteiger partial charge in [0.15, 0.2) is 0 Å². The van der Waals surface area contributed by atoms with E-state index < -0.39 is 0 Å². The molecule has 0 bridgehead atoms. The number of nitrogens with one attached hydrogen (secondary N) is 1. The molecule has 1 aliphatic heterocycles. The summed E-state index contributed by atoms with van der Waals surface area (Å²) in [5.41, 5.74) is 5.71. The molecule has 0 atom stereocenters. The molecule has 0 radical (unpaired) electrons. The Morgan fingerprint density at radius 2 is 1.62 bits per heavy atom. The van der Waals surface area contributed by atoms with Gasteiger partial charge >= 0.3 is 0 Å². The van der Waals surface area contributed by atoms with Crippen LogP contribution in [0.4, 0.5) is 5.69 Å². The predicted molar refractivity (Wildman–Crippen MR) is 132 cm³/mol. The summed E-state index contributed by atoms with van der Waals surface area (Å²) in [5, 5.41) is 3.13. The molecule has 4 rings (SSSR count). The average Bonchev–Trinajstić information content (AvgIpc) is 2.83. The molecule has 1 fully saturated rings. The maximum Gasteiger partial charge on any atom is 0.251 e. The summed E-state index contributed by atoms with van der Waals surface area (Å²) in [6.45, 7) is 8.13. The highest BCUT2D eigenvalue weighted by Crippen LogP contribution is 2.18. The zero-order valence-electron chi connectivity index (χ0n) is 19.0. The highest BCUT2D eigenvalue weighted by atomic mass is 16.1. The maximum absolute atomic E-state index is 12.8. The molecule has 0 spiro atoms. The minimum absolute atomic E-state index is 0.0285. The molecule has 4 heteroatoms. The van der Waals surface area contributed by atoms with E-state index in [0.29, 0.717) is 6.54 Å². The Labute approximate surface area is 191 Å². The predicted octanol–water partition coefficient (Wildman–Crippen LogP) is 4.53. The lowest BCUT2D eigenvalue weighted by Gasteiger charge is -2.36. The van der Waals surface area contributed by atoms with Crippen LogP contribution in [0.5, 0.6) is 0 Å². The van der Waals surface area contributed by atoms with Gasteiger partial charge in [-0.25, -0.2) is 0 Å². The van der Waals surface area contributed by atoms with E-state index >= 15 is 0 Å².